The van der Waals surface area contributed by atoms with Crippen molar-refractivity contribution in [1.29, 1.82) is 0 Å². The highest BCUT2D eigenvalue weighted by Crippen LogP contribution is 2.46. The van der Waals surface area contributed by atoms with Gasteiger partial charge in [0.25, 0.3) is 0 Å². The van der Waals surface area contributed by atoms with Gasteiger partial charge in [0.05, 0.1) is 22.2 Å². The molecule has 0 unspecified atom stereocenters. The van der Waals surface area contributed by atoms with Gasteiger partial charge in [-0.25, -0.2) is 0 Å². The molecule has 2 heterocycles. The number of likely N-dealkylation sites (tertiary alicyclic amines) is 1. The minimum atomic E-state index is -1.65. The van der Waals surface area contributed by atoms with Gasteiger partial charge in [0.2, 0.25) is 5.91 Å². The van der Waals surface area contributed by atoms with Crippen LogP contribution in [0.15, 0.2) is 30.3 Å². The fraction of sp³-hybridized carbons (Fsp3) is 0.524. The summed E-state index contributed by atoms with van der Waals surface area (Å²) >= 11 is 0. The van der Waals surface area contributed by atoms with Gasteiger partial charge in [-0.2, -0.15) is 0 Å². The smallest absolute Gasteiger partial charge is 0.235 e. The molecule has 0 bridgehead atoms. The van der Waals surface area contributed by atoms with E-state index in [0.717, 1.165) is 16.6 Å². The zero-order valence-corrected chi connectivity index (χ0v) is 19.8. The number of amides is 1. The van der Waals surface area contributed by atoms with E-state index in [0.29, 0.717) is 5.29 Å². The number of carbonyl (C=O) groups is 2. The van der Waals surface area contributed by atoms with E-state index >= 15 is 0 Å². The molecule has 1 aromatic carbocycles. The zero-order chi connectivity index (χ0) is 20.3. The molecule has 146 valence electrons. The van der Waals surface area contributed by atoms with Crippen molar-refractivity contribution in [3.05, 3.63) is 36.0 Å². The molecule has 6 heteroatoms. The van der Waals surface area contributed by atoms with E-state index in [4.69, 9.17) is 0 Å². The van der Waals surface area contributed by atoms with Gasteiger partial charge in [-0.1, -0.05) is 57.5 Å². The number of aryl methyl sites for hydroxylation is 1. The Bertz CT molecular complexity index is 891. The first-order valence-corrected chi connectivity index (χ1v) is 16.9. The molecule has 2 aromatic rings. The Hall–Kier alpha value is -1.67. The lowest BCUT2D eigenvalue weighted by Crippen LogP contribution is -2.72. The number of hydrogen-bond donors (Lipinski definition) is 0. The predicted octanol–water partition coefficient (Wildman–Crippen LogP) is 4.39. The first-order valence-electron chi connectivity index (χ1n) is 9.72. The molecule has 0 saturated carbocycles. The minimum absolute atomic E-state index is 0.0172. The highest BCUT2D eigenvalue weighted by molar-refractivity contribution is 6.96. The Kier molecular flexibility index (Phi) is 4.79. The second kappa shape index (κ2) is 6.45. The summed E-state index contributed by atoms with van der Waals surface area (Å²) in [6, 6.07) is 10.3. The monoisotopic (exact) mass is 400 g/mol. The van der Waals surface area contributed by atoms with Crippen molar-refractivity contribution in [2.45, 2.75) is 57.5 Å². The van der Waals surface area contributed by atoms with Gasteiger partial charge in [-0.05, 0) is 24.4 Å². The second-order valence-corrected chi connectivity index (χ2v) is 21.2. The van der Waals surface area contributed by atoms with Gasteiger partial charge < -0.3 is 9.47 Å². The Balaban J connectivity index is 2.17. The van der Waals surface area contributed by atoms with E-state index in [-0.39, 0.29) is 17.7 Å². The summed E-state index contributed by atoms with van der Waals surface area (Å²) in [5.74, 6) is -0.521. The summed E-state index contributed by atoms with van der Waals surface area (Å²) in [6.07, 6.45) is 0. The maximum absolute atomic E-state index is 13.2. The summed E-state index contributed by atoms with van der Waals surface area (Å²) in [5, 5.41) is 1.46. The third kappa shape index (κ3) is 3.23. The molecule has 0 spiro atoms. The van der Waals surface area contributed by atoms with Gasteiger partial charge in [-0.15, -0.1) is 0 Å². The number of rotatable bonds is 5. The van der Waals surface area contributed by atoms with Crippen LogP contribution >= 0.6 is 0 Å². The number of benzene rings is 1. The lowest BCUT2D eigenvalue weighted by Gasteiger charge is -2.57. The maximum atomic E-state index is 13.2. The van der Waals surface area contributed by atoms with Crippen LogP contribution in [0.3, 0.4) is 0 Å². The number of fused-ring (bicyclic) bond motifs is 1. The fourth-order valence-corrected chi connectivity index (χ4v) is 17.9. The van der Waals surface area contributed by atoms with Crippen molar-refractivity contribution in [2.75, 3.05) is 0 Å². The number of β-lactam (4-membered cyclic amide) rings is 1. The van der Waals surface area contributed by atoms with E-state index in [1.165, 1.54) is 0 Å². The summed E-state index contributed by atoms with van der Waals surface area (Å²) in [6.45, 7) is 15.7. The van der Waals surface area contributed by atoms with E-state index in [1.807, 2.05) is 19.2 Å². The van der Waals surface area contributed by atoms with Gasteiger partial charge in [0.15, 0.2) is 0 Å². The van der Waals surface area contributed by atoms with Crippen LogP contribution < -0.4 is 0 Å². The van der Waals surface area contributed by atoms with Gasteiger partial charge in [-0.3, -0.25) is 9.59 Å². The molecule has 1 amide bonds. The normalized spacial score (nSPS) is 21.1. The maximum Gasteiger partial charge on any atom is 0.235 e. The van der Waals surface area contributed by atoms with Crippen molar-refractivity contribution < 1.29 is 9.59 Å². The molecule has 4 nitrogen and oxygen atoms in total. The number of ketones is 1. The number of hydrogen-bond acceptors (Lipinski definition) is 2. The minimum Gasteiger partial charge on any atom is -0.346 e. The number of nitrogens with zero attached hydrogens (tertiary/aromatic N) is 2. The van der Waals surface area contributed by atoms with Crippen molar-refractivity contribution in [3.8, 4) is 0 Å². The fourth-order valence-electron chi connectivity index (χ4n) is 5.24. The van der Waals surface area contributed by atoms with Crippen molar-refractivity contribution in [2.24, 2.45) is 13.0 Å². The predicted molar refractivity (Wildman–Crippen MR) is 117 cm³/mol. The number of Topliss-reactive ketones (excluding diaryl/α,β-unsaturated/α-hetero) is 1. The van der Waals surface area contributed by atoms with Crippen molar-refractivity contribution in [1.82, 2.24) is 9.47 Å². The molecule has 0 aliphatic carbocycles. The van der Waals surface area contributed by atoms with Gasteiger partial charge in [0.1, 0.15) is 11.7 Å². The van der Waals surface area contributed by atoms with E-state index in [9.17, 15) is 9.59 Å². The van der Waals surface area contributed by atoms with E-state index in [1.54, 1.807) is 6.92 Å². The molecular formula is C21H32N2O2Si2. The average Bonchev–Trinajstić information content (AvgIpc) is 2.83. The van der Waals surface area contributed by atoms with Crippen LogP contribution in [0.1, 0.15) is 18.7 Å². The first kappa shape index (κ1) is 20.1. The van der Waals surface area contributed by atoms with Crippen LogP contribution in [0.2, 0.25) is 39.3 Å². The van der Waals surface area contributed by atoms with Crippen molar-refractivity contribution in [3.63, 3.8) is 0 Å². The Labute approximate surface area is 164 Å². The van der Waals surface area contributed by atoms with Crippen LogP contribution in [0.5, 0.6) is 0 Å². The summed E-state index contributed by atoms with van der Waals surface area (Å²) < 4.78 is 2.17. The van der Waals surface area contributed by atoms with E-state index in [2.05, 4.69) is 66.9 Å². The molecule has 3 rings (SSSR count). The topological polar surface area (TPSA) is 42.3 Å². The lowest BCUT2D eigenvalue weighted by molar-refractivity contribution is -0.161. The highest BCUT2D eigenvalue weighted by Gasteiger charge is 2.58. The molecule has 1 saturated heterocycles. The van der Waals surface area contributed by atoms with Crippen LogP contribution in [0.25, 0.3) is 10.9 Å². The first-order chi connectivity index (χ1) is 12.4. The van der Waals surface area contributed by atoms with Gasteiger partial charge in [0, 0.05) is 23.5 Å². The largest absolute Gasteiger partial charge is 0.346 e. The zero-order valence-electron chi connectivity index (χ0n) is 17.8. The third-order valence-corrected chi connectivity index (χ3v) is 14.8. The molecule has 1 fully saturated rings. The molecule has 0 N–H and O–H groups in total. The molecule has 1 aliphatic rings. The number of carbonyl (C=O) groups excluding carboxylic acids is 2. The number of para-hydroxylation sites is 1. The van der Waals surface area contributed by atoms with Crippen LogP contribution in [-0.4, -0.2) is 42.6 Å². The summed E-state index contributed by atoms with van der Waals surface area (Å²) in [5.41, 5.74) is 2.23. The highest BCUT2D eigenvalue weighted by atomic mass is 28.4. The summed E-state index contributed by atoms with van der Waals surface area (Å²) in [7, 11) is -1.24. The van der Waals surface area contributed by atoms with Gasteiger partial charge >= 0.3 is 0 Å². The molecule has 27 heavy (non-hydrogen) atoms. The van der Waals surface area contributed by atoms with Crippen LogP contribution in [-0.2, 0) is 16.6 Å². The molecule has 0 radical (unpaired) electrons. The Morgan fingerprint density at radius 2 is 1.59 bits per heavy atom. The lowest BCUT2D eigenvalue weighted by atomic mass is 9.82. The van der Waals surface area contributed by atoms with Crippen molar-refractivity contribution >= 4 is 38.7 Å². The number of aromatic nitrogens is 1. The third-order valence-electron chi connectivity index (χ3n) is 5.78. The molecule has 1 aromatic heterocycles. The van der Waals surface area contributed by atoms with E-state index < -0.39 is 22.1 Å². The summed E-state index contributed by atoms with van der Waals surface area (Å²) in [4.78, 5) is 27.7. The quantitative estimate of drug-likeness (QED) is 0.424. The van der Waals surface area contributed by atoms with Crippen LogP contribution in [0, 0.1) is 5.92 Å². The Morgan fingerprint density at radius 3 is 2.07 bits per heavy atom. The molecular weight excluding hydrogens is 368 g/mol. The standard InChI is InChI=1S/C21H32N2O2Si2/c1-14(24)18-19(17-13-15-11-9-10-12-16(15)22(17)2)23(20(18)25)21(26(3,4)5)27(6,7)8/h9-13,18-19,21H,1-8H3/t18-,19-/m0/s1. The van der Waals surface area contributed by atoms with Crippen LogP contribution in [0.4, 0.5) is 0 Å². The molecule has 2 atom stereocenters. The average molecular weight is 401 g/mol. The SMILES string of the molecule is CC(=O)[C@@H]1C(=O)N(C([Si](C)(C)C)[Si](C)(C)C)[C@H]1c1cc2ccccc2n1C. The second-order valence-electron chi connectivity index (χ2n) is 10.1. The Morgan fingerprint density at radius 1 is 1.04 bits per heavy atom. The molecule has 1 aliphatic heterocycles.